The highest BCUT2D eigenvalue weighted by atomic mass is 79.9. The lowest BCUT2D eigenvalue weighted by molar-refractivity contribution is 0.0120. The molecular weight excluding hydrogens is 308 g/mol. The van der Waals surface area contributed by atoms with E-state index in [0.29, 0.717) is 15.8 Å². The maximum atomic E-state index is 13.1. The van der Waals surface area contributed by atoms with Gasteiger partial charge in [0.05, 0.1) is 23.7 Å². The molecule has 1 amide bonds. The summed E-state index contributed by atoms with van der Waals surface area (Å²) in [6, 6.07) is 4.94. The molecule has 1 heterocycles. The monoisotopic (exact) mass is 319 g/mol. The van der Waals surface area contributed by atoms with Crippen molar-refractivity contribution in [1.82, 2.24) is 4.90 Å². The average molecular weight is 320 g/mol. The molecule has 0 atom stereocenters. The van der Waals surface area contributed by atoms with Crippen molar-refractivity contribution in [2.75, 3.05) is 20.2 Å². The number of hydrogen-bond acceptors (Lipinski definition) is 2. The van der Waals surface area contributed by atoms with E-state index in [0.717, 1.165) is 0 Å². The van der Waals surface area contributed by atoms with Crippen molar-refractivity contribution >= 4 is 21.8 Å². The summed E-state index contributed by atoms with van der Waals surface area (Å²) in [4.78, 5) is 13.3. The Morgan fingerprint density at radius 1 is 1.50 bits per heavy atom. The number of benzene rings is 1. The van der Waals surface area contributed by atoms with Gasteiger partial charge in [-0.1, -0.05) is 6.07 Å². The molecule has 1 aromatic rings. The number of rotatable bonds is 2. The van der Waals surface area contributed by atoms with Crippen LogP contribution in [0.4, 0.5) is 8.78 Å². The van der Waals surface area contributed by atoms with E-state index >= 15 is 0 Å². The van der Waals surface area contributed by atoms with Crippen molar-refractivity contribution in [1.29, 1.82) is 0 Å². The maximum Gasteiger partial charge on any atom is 0.267 e. The number of ether oxygens (including phenoxy) is 1. The van der Waals surface area contributed by atoms with Crippen LogP contribution in [0.2, 0.25) is 0 Å². The Balaban J connectivity index is 2.25. The zero-order chi connectivity index (χ0) is 13.3. The number of hydrogen-bond donors (Lipinski definition) is 0. The molecule has 1 aliphatic rings. The number of amides is 1. The molecular formula is C12H12BrF2NO2. The molecule has 0 N–H and O–H groups in total. The molecule has 0 aliphatic carbocycles. The molecule has 1 aromatic carbocycles. The molecule has 1 saturated heterocycles. The molecule has 1 fully saturated rings. The summed E-state index contributed by atoms with van der Waals surface area (Å²) in [6.45, 7) is -0.440. The van der Waals surface area contributed by atoms with Crippen molar-refractivity contribution < 1.29 is 18.3 Å². The summed E-state index contributed by atoms with van der Waals surface area (Å²) in [5.41, 5.74) is 0.340. The minimum atomic E-state index is -2.78. The Bertz CT molecular complexity index is 479. The van der Waals surface area contributed by atoms with Crippen LogP contribution < -0.4 is 4.74 Å². The topological polar surface area (TPSA) is 29.5 Å². The van der Waals surface area contributed by atoms with Gasteiger partial charge in [-0.2, -0.15) is 0 Å². The van der Waals surface area contributed by atoms with Gasteiger partial charge in [0.2, 0.25) is 0 Å². The number of likely N-dealkylation sites (tertiary alicyclic amines) is 1. The third-order valence-electron chi connectivity index (χ3n) is 2.87. The first-order chi connectivity index (χ1) is 8.44. The van der Waals surface area contributed by atoms with Gasteiger partial charge >= 0.3 is 0 Å². The highest BCUT2D eigenvalue weighted by Gasteiger charge is 2.40. The van der Waals surface area contributed by atoms with E-state index < -0.39 is 18.4 Å². The van der Waals surface area contributed by atoms with Gasteiger partial charge in [-0.05, 0) is 28.1 Å². The van der Waals surface area contributed by atoms with Crippen molar-refractivity contribution in [2.45, 2.75) is 12.3 Å². The molecule has 0 unspecified atom stereocenters. The van der Waals surface area contributed by atoms with E-state index in [2.05, 4.69) is 15.9 Å². The molecule has 3 nitrogen and oxygen atoms in total. The molecule has 1 aliphatic heterocycles. The molecule has 0 aromatic heterocycles. The molecule has 2 rings (SSSR count). The van der Waals surface area contributed by atoms with Crippen LogP contribution in [0.1, 0.15) is 16.8 Å². The second-order valence-corrected chi connectivity index (χ2v) is 4.95. The van der Waals surface area contributed by atoms with Gasteiger partial charge in [-0.3, -0.25) is 4.79 Å². The number of carbonyl (C=O) groups excluding carboxylic acids is 1. The van der Waals surface area contributed by atoms with Gasteiger partial charge in [0, 0.05) is 13.0 Å². The molecule has 0 radical (unpaired) electrons. The van der Waals surface area contributed by atoms with E-state index in [1.54, 1.807) is 18.2 Å². The van der Waals surface area contributed by atoms with E-state index in [1.165, 1.54) is 12.0 Å². The SMILES string of the molecule is COc1cccc(C(=O)N2CCC(F)(F)C2)c1Br. The van der Waals surface area contributed by atoms with Crippen LogP contribution in [0.15, 0.2) is 22.7 Å². The fraction of sp³-hybridized carbons (Fsp3) is 0.417. The standard InChI is InChI=1S/C12H12BrF2NO2/c1-18-9-4-2-3-8(10(9)13)11(17)16-6-5-12(14,15)7-16/h2-4H,5-7H2,1H3. The number of halogens is 3. The first-order valence-electron chi connectivity index (χ1n) is 5.44. The Hall–Kier alpha value is -1.17. The third-order valence-corrected chi connectivity index (χ3v) is 3.69. The normalized spacial score (nSPS) is 17.9. The van der Waals surface area contributed by atoms with Gasteiger partial charge in [-0.15, -0.1) is 0 Å². The van der Waals surface area contributed by atoms with Crippen molar-refractivity contribution in [3.63, 3.8) is 0 Å². The van der Waals surface area contributed by atoms with Gasteiger partial charge < -0.3 is 9.64 Å². The zero-order valence-corrected chi connectivity index (χ0v) is 11.3. The maximum absolute atomic E-state index is 13.1. The molecule has 6 heteroatoms. The van der Waals surface area contributed by atoms with Crippen LogP contribution >= 0.6 is 15.9 Å². The first-order valence-corrected chi connectivity index (χ1v) is 6.23. The Morgan fingerprint density at radius 2 is 2.22 bits per heavy atom. The lowest BCUT2D eigenvalue weighted by Crippen LogP contribution is -2.31. The number of nitrogens with zero attached hydrogens (tertiary/aromatic N) is 1. The zero-order valence-electron chi connectivity index (χ0n) is 9.75. The van der Waals surface area contributed by atoms with Crippen molar-refractivity contribution in [3.8, 4) is 5.75 Å². The molecule has 0 bridgehead atoms. The second kappa shape index (κ2) is 4.84. The van der Waals surface area contributed by atoms with E-state index in [1.807, 2.05) is 0 Å². The quantitative estimate of drug-likeness (QED) is 0.838. The molecule has 18 heavy (non-hydrogen) atoms. The summed E-state index contributed by atoms with van der Waals surface area (Å²) < 4.78 is 31.7. The van der Waals surface area contributed by atoms with E-state index in [-0.39, 0.29) is 13.0 Å². The Kier molecular flexibility index (Phi) is 3.56. The lowest BCUT2D eigenvalue weighted by Gasteiger charge is -2.17. The number of methoxy groups -OCH3 is 1. The van der Waals surface area contributed by atoms with Crippen LogP contribution in [-0.2, 0) is 0 Å². The predicted octanol–water partition coefficient (Wildman–Crippen LogP) is 2.94. The van der Waals surface area contributed by atoms with Crippen LogP contribution in [0.25, 0.3) is 0 Å². The lowest BCUT2D eigenvalue weighted by atomic mass is 10.2. The summed E-state index contributed by atoms with van der Waals surface area (Å²) in [5, 5.41) is 0. The fourth-order valence-electron chi connectivity index (χ4n) is 1.91. The van der Waals surface area contributed by atoms with E-state index in [9.17, 15) is 13.6 Å². The third kappa shape index (κ3) is 2.48. The minimum absolute atomic E-state index is 0.0789. The predicted molar refractivity (Wildman–Crippen MR) is 66.2 cm³/mol. The van der Waals surface area contributed by atoms with Crippen LogP contribution in [0, 0.1) is 0 Å². The summed E-state index contributed by atoms with van der Waals surface area (Å²) in [7, 11) is 1.48. The highest BCUT2D eigenvalue weighted by molar-refractivity contribution is 9.10. The number of carbonyl (C=O) groups is 1. The minimum Gasteiger partial charge on any atom is -0.496 e. The molecule has 98 valence electrons. The first kappa shape index (κ1) is 13.3. The highest BCUT2D eigenvalue weighted by Crippen LogP contribution is 2.32. The Labute approximate surface area is 112 Å². The van der Waals surface area contributed by atoms with E-state index in [4.69, 9.17) is 4.74 Å². The largest absolute Gasteiger partial charge is 0.496 e. The van der Waals surface area contributed by atoms with Crippen LogP contribution in [-0.4, -0.2) is 36.9 Å². The van der Waals surface area contributed by atoms with Gasteiger partial charge in [-0.25, -0.2) is 8.78 Å². The van der Waals surface area contributed by atoms with Crippen LogP contribution in [0.5, 0.6) is 5.75 Å². The van der Waals surface area contributed by atoms with Gasteiger partial charge in [0.15, 0.2) is 0 Å². The smallest absolute Gasteiger partial charge is 0.267 e. The summed E-state index contributed by atoms with van der Waals surface area (Å²) >= 11 is 3.26. The van der Waals surface area contributed by atoms with Crippen molar-refractivity contribution in [2.24, 2.45) is 0 Å². The second-order valence-electron chi connectivity index (χ2n) is 4.15. The summed E-state index contributed by atoms with van der Waals surface area (Å²) in [5.74, 6) is -2.68. The molecule has 0 spiro atoms. The Morgan fingerprint density at radius 3 is 2.78 bits per heavy atom. The van der Waals surface area contributed by atoms with Gasteiger partial charge in [0.25, 0.3) is 11.8 Å². The van der Waals surface area contributed by atoms with Crippen molar-refractivity contribution in [3.05, 3.63) is 28.2 Å². The van der Waals surface area contributed by atoms with Crippen LogP contribution in [0.3, 0.4) is 0 Å². The summed E-state index contributed by atoms with van der Waals surface area (Å²) in [6.07, 6.45) is -0.277. The average Bonchev–Trinajstić information content (AvgIpc) is 2.69. The van der Waals surface area contributed by atoms with Gasteiger partial charge in [0.1, 0.15) is 5.75 Å². The fourth-order valence-corrected chi connectivity index (χ4v) is 2.51. The number of alkyl halides is 2. The molecule has 0 saturated carbocycles.